The molecule has 0 aliphatic carbocycles. The third kappa shape index (κ3) is 1.25. The van der Waals surface area contributed by atoms with E-state index in [1.807, 2.05) is 0 Å². The van der Waals surface area contributed by atoms with Gasteiger partial charge < -0.3 is 5.11 Å². The van der Waals surface area contributed by atoms with Crippen molar-refractivity contribution in [3.63, 3.8) is 0 Å². The van der Waals surface area contributed by atoms with Crippen molar-refractivity contribution in [3.05, 3.63) is 29.3 Å². The smallest absolute Gasteiger partial charge is 0.277 e. The van der Waals surface area contributed by atoms with Crippen LogP contribution in [-0.4, -0.2) is 22.7 Å². The van der Waals surface area contributed by atoms with Gasteiger partial charge in [-0.25, -0.2) is 5.06 Å². The van der Waals surface area contributed by atoms with Gasteiger partial charge in [0.2, 0.25) is 0 Å². The van der Waals surface area contributed by atoms with Crippen molar-refractivity contribution < 1.29 is 15.1 Å². The SMILES string of the molecule is O=C1c2ccc([O-])cc2CCN1O. The van der Waals surface area contributed by atoms with Gasteiger partial charge in [0.05, 0.1) is 6.54 Å². The van der Waals surface area contributed by atoms with Crippen LogP contribution in [0.4, 0.5) is 0 Å². The zero-order valence-electron chi connectivity index (χ0n) is 6.86. The van der Waals surface area contributed by atoms with E-state index in [1.54, 1.807) is 0 Å². The Morgan fingerprint density at radius 2 is 2.23 bits per heavy atom. The first kappa shape index (κ1) is 8.07. The van der Waals surface area contributed by atoms with Gasteiger partial charge in [-0.2, -0.15) is 0 Å². The van der Waals surface area contributed by atoms with Crippen molar-refractivity contribution in [1.82, 2.24) is 5.06 Å². The molecule has 0 unspecified atom stereocenters. The molecule has 2 rings (SSSR count). The van der Waals surface area contributed by atoms with E-state index in [0.29, 0.717) is 17.0 Å². The van der Waals surface area contributed by atoms with E-state index in [2.05, 4.69) is 0 Å². The Labute approximate surface area is 75.0 Å². The molecule has 1 aliphatic rings. The molecule has 0 saturated heterocycles. The second-order valence-electron chi connectivity index (χ2n) is 3.00. The third-order valence-corrected chi connectivity index (χ3v) is 2.13. The van der Waals surface area contributed by atoms with Crippen LogP contribution < -0.4 is 5.11 Å². The van der Waals surface area contributed by atoms with Gasteiger partial charge in [-0.05, 0) is 18.1 Å². The molecule has 0 saturated carbocycles. The van der Waals surface area contributed by atoms with E-state index < -0.39 is 5.91 Å². The predicted octanol–water partition coefficient (Wildman–Crippen LogP) is 0.148. The number of benzene rings is 1. The van der Waals surface area contributed by atoms with E-state index in [9.17, 15) is 9.90 Å². The van der Waals surface area contributed by atoms with Gasteiger partial charge >= 0.3 is 0 Å². The topological polar surface area (TPSA) is 63.6 Å². The number of fused-ring (bicyclic) bond motifs is 1. The Morgan fingerprint density at radius 3 is 3.00 bits per heavy atom. The van der Waals surface area contributed by atoms with E-state index in [-0.39, 0.29) is 12.3 Å². The molecule has 0 fully saturated rings. The summed E-state index contributed by atoms with van der Waals surface area (Å²) in [6.45, 7) is 0.259. The van der Waals surface area contributed by atoms with Crippen LogP contribution in [0.5, 0.6) is 5.75 Å². The maximum Gasteiger partial charge on any atom is 0.277 e. The normalized spacial score (nSPS) is 15.8. The van der Waals surface area contributed by atoms with Crippen molar-refractivity contribution >= 4 is 5.91 Å². The molecule has 1 amide bonds. The van der Waals surface area contributed by atoms with Crippen molar-refractivity contribution in [2.45, 2.75) is 6.42 Å². The van der Waals surface area contributed by atoms with Crippen LogP contribution in [0.2, 0.25) is 0 Å². The lowest BCUT2D eigenvalue weighted by atomic mass is 10.00. The largest absolute Gasteiger partial charge is 0.872 e. The first-order valence-electron chi connectivity index (χ1n) is 3.99. The summed E-state index contributed by atoms with van der Waals surface area (Å²) >= 11 is 0. The number of hydroxylamine groups is 2. The maximum absolute atomic E-state index is 11.3. The average Bonchev–Trinajstić information content (AvgIpc) is 2.12. The van der Waals surface area contributed by atoms with Crippen LogP contribution in [0.1, 0.15) is 15.9 Å². The molecular formula is C9H8NO3-. The molecule has 0 bridgehead atoms. The molecule has 0 aromatic heterocycles. The van der Waals surface area contributed by atoms with Gasteiger partial charge in [-0.1, -0.05) is 12.1 Å². The van der Waals surface area contributed by atoms with Gasteiger partial charge in [-0.3, -0.25) is 10.0 Å². The number of rotatable bonds is 0. The minimum atomic E-state index is -0.429. The lowest BCUT2D eigenvalue weighted by Gasteiger charge is -2.23. The molecule has 1 aromatic rings. The molecule has 1 heterocycles. The average molecular weight is 178 g/mol. The molecular weight excluding hydrogens is 170 g/mol. The summed E-state index contributed by atoms with van der Waals surface area (Å²) in [5.41, 5.74) is 1.15. The monoisotopic (exact) mass is 178 g/mol. The van der Waals surface area contributed by atoms with Gasteiger partial charge in [0.25, 0.3) is 5.91 Å². The summed E-state index contributed by atoms with van der Waals surface area (Å²) in [5, 5.41) is 20.7. The quantitative estimate of drug-likeness (QED) is 0.575. The van der Waals surface area contributed by atoms with Crippen molar-refractivity contribution in [2.75, 3.05) is 6.54 Å². The number of hydrogen-bond acceptors (Lipinski definition) is 3. The number of hydrogen-bond donors (Lipinski definition) is 1. The summed E-state index contributed by atoms with van der Waals surface area (Å²) in [6.07, 6.45) is 0.535. The van der Waals surface area contributed by atoms with Gasteiger partial charge in [0.1, 0.15) is 0 Å². The van der Waals surface area contributed by atoms with Crippen molar-refractivity contribution in [2.24, 2.45) is 0 Å². The van der Waals surface area contributed by atoms with Crippen LogP contribution in [0.3, 0.4) is 0 Å². The molecule has 1 aliphatic heterocycles. The summed E-state index contributed by atoms with van der Waals surface area (Å²) in [5.74, 6) is -0.529. The summed E-state index contributed by atoms with van der Waals surface area (Å²) in [4.78, 5) is 11.3. The van der Waals surface area contributed by atoms with E-state index in [1.165, 1.54) is 18.2 Å². The zero-order valence-corrected chi connectivity index (χ0v) is 6.86. The lowest BCUT2D eigenvalue weighted by molar-refractivity contribution is -0.268. The Kier molecular flexibility index (Phi) is 1.70. The predicted molar refractivity (Wildman–Crippen MR) is 42.4 cm³/mol. The van der Waals surface area contributed by atoms with Gasteiger partial charge in [-0.15, -0.1) is 5.75 Å². The third-order valence-electron chi connectivity index (χ3n) is 2.13. The number of carbonyl (C=O) groups excluding carboxylic acids is 1. The Morgan fingerprint density at radius 1 is 1.46 bits per heavy atom. The van der Waals surface area contributed by atoms with Crippen LogP contribution in [0, 0.1) is 0 Å². The van der Waals surface area contributed by atoms with Crippen LogP contribution >= 0.6 is 0 Å². The molecule has 4 heteroatoms. The fraction of sp³-hybridized carbons (Fsp3) is 0.222. The fourth-order valence-corrected chi connectivity index (χ4v) is 1.45. The minimum absolute atomic E-state index is 0.0991. The van der Waals surface area contributed by atoms with E-state index in [0.717, 1.165) is 5.56 Å². The molecule has 1 N–H and O–H groups in total. The first-order valence-corrected chi connectivity index (χ1v) is 3.99. The molecule has 13 heavy (non-hydrogen) atoms. The van der Waals surface area contributed by atoms with E-state index >= 15 is 0 Å². The lowest BCUT2D eigenvalue weighted by Crippen LogP contribution is -2.34. The molecule has 1 aromatic carbocycles. The molecule has 68 valence electrons. The second-order valence-corrected chi connectivity index (χ2v) is 3.00. The number of amides is 1. The van der Waals surface area contributed by atoms with Gasteiger partial charge in [0, 0.05) is 5.56 Å². The minimum Gasteiger partial charge on any atom is -0.872 e. The Balaban J connectivity index is 2.50. The Hall–Kier alpha value is -1.55. The van der Waals surface area contributed by atoms with Crippen molar-refractivity contribution in [3.8, 4) is 5.75 Å². The molecule has 4 nitrogen and oxygen atoms in total. The van der Waals surface area contributed by atoms with Crippen LogP contribution in [-0.2, 0) is 6.42 Å². The molecule has 0 atom stereocenters. The van der Waals surface area contributed by atoms with E-state index in [4.69, 9.17) is 5.21 Å². The second kappa shape index (κ2) is 2.74. The van der Waals surface area contributed by atoms with Crippen LogP contribution in [0.25, 0.3) is 0 Å². The highest BCUT2D eigenvalue weighted by atomic mass is 16.5. The maximum atomic E-state index is 11.3. The molecule has 0 spiro atoms. The zero-order chi connectivity index (χ0) is 9.42. The highest BCUT2D eigenvalue weighted by Crippen LogP contribution is 2.20. The number of nitrogens with zero attached hydrogens (tertiary/aromatic N) is 1. The first-order chi connectivity index (χ1) is 6.18. The summed E-state index contributed by atoms with van der Waals surface area (Å²) < 4.78 is 0. The number of carbonyl (C=O) groups is 1. The molecule has 0 radical (unpaired) electrons. The van der Waals surface area contributed by atoms with Crippen molar-refractivity contribution in [1.29, 1.82) is 0 Å². The standard InChI is InChI=1S/C9H9NO3/c11-7-1-2-8-6(5-7)3-4-10(13)9(8)12/h1-2,5,11,13H,3-4H2/p-1. The summed E-state index contributed by atoms with van der Waals surface area (Å²) in [7, 11) is 0. The highest BCUT2D eigenvalue weighted by Gasteiger charge is 2.21. The van der Waals surface area contributed by atoms with Crippen LogP contribution in [0.15, 0.2) is 18.2 Å². The highest BCUT2D eigenvalue weighted by molar-refractivity contribution is 5.96. The Bertz CT molecular complexity index is 362. The summed E-state index contributed by atoms with van der Waals surface area (Å²) in [6, 6.07) is 4.23. The fourth-order valence-electron chi connectivity index (χ4n) is 1.45. The van der Waals surface area contributed by atoms with Gasteiger partial charge in [0.15, 0.2) is 0 Å².